The summed E-state index contributed by atoms with van der Waals surface area (Å²) in [5.41, 5.74) is 7.22. The number of phosphoric acid groups is 1. The Morgan fingerprint density at radius 1 is 1.29 bits per heavy atom. The van der Waals surface area contributed by atoms with Crippen LogP contribution in [-0.2, 0) is 13.8 Å². The van der Waals surface area contributed by atoms with Crippen molar-refractivity contribution in [2.45, 2.75) is 25.8 Å². The average Bonchev–Trinajstić information content (AvgIpc) is 3.50. The van der Waals surface area contributed by atoms with E-state index in [1.54, 1.807) is 6.92 Å². The second kappa shape index (κ2) is 9.85. The van der Waals surface area contributed by atoms with Crippen molar-refractivity contribution in [2.75, 3.05) is 36.7 Å². The van der Waals surface area contributed by atoms with Crippen LogP contribution < -0.4 is 20.3 Å². The molecule has 216 valence electrons. The summed E-state index contributed by atoms with van der Waals surface area (Å²) in [5, 5.41) is 0.899. The predicted octanol–water partition coefficient (Wildman–Crippen LogP) is 2.71. The first-order chi connectivity index (χ1) is 19.4. The average molecular weight is 588 g/mol. The Kier molecular flexibility index (Phi) is 6.54. The Morgan fingerprint density at radius 2 is 2.02 bits per heavy atom. The number of nitrogens with zero attached hydrogens (tertiary/aromatic N) is 6. The third kappa shape index (κ3) is 5.27. The number of anilines is 2. The summed E-state index contributed by atoms with van der Waals surface area (Å²) >= 11 is 0. The monoisotopic (exact) mass is 588 g/mol. The van der Waals surface area contributed by atoms with Gasteiger partial charge in [0.05, 0.1) is 29.0 Å². The van der Waals surface area contributed by atoms with E-state index in [2.05, 4.69) is 24.5 Å². The number of hydrogen-bond donors (Lipinski definition) is 4. The Labute approximate surface area is 231 Å². The molecular formula is C24H26FN8O7P. The van der Waals surface area contributed by atoms with Crippen molar-refractivity contribution in [3.63, 3.8) is 0 Å². The van der Waals surface area contributed by atoms with Gasteiger partial charge < -0.3 is 34.9 Å². The number of phosphoric ester groups is 1. The van der Waals surface area contributed by atoms with Crippen LogP contribution in [0.15, 0.2) is 24.5 Å². The Balaban J connectivity index is 1.44. The van der Waals surface area contributed by atoms with Crippen LogP contribution in [-0.4, -0.2) is 73.8 Å². The lowest BCUT2D eigenvalue weighted by molar-refractivity contribution is 0.0440. The highest BCUT2D eigenvalue weighted by atomic mass is 31.2. The molecule has 6 rings (SSSR count). The normalized spacial score (nSPS) is 17.9. The van der Waals surface area contributed by atoms with Crippen molar-refractivity contribution in [1.29, 1.82) is 0 Å². The molecule has 4 heterocycles. The molecule has 15 nitrogen and oxygen atoms in total. The van der Waals surface area contributed by atoms with Crippen LogP contribution in [0.1, 0.15) is 18.7 Å². The molecule has 1 amide bonds. The molecule has 1 aliphatic heterocycles. The molecule has 2 fully saturated rings. The van der Waals surface area contributed by atoms with Gasteiger partial charge in [-0.05, 0) is 31.9 Å². The molecule has 1 atom stereocenters. The highest BCUT2D eigenvalue weighted by Gasteiger charge is 2.54. The quantitative estimate of drug-likeness (QED) is 0.181. The zero-order valence-electron chi connectivity index (χ0n) is 21.9. The van der Waals surface area contributed by atoms with Gasteiger partial charge in [0, 0.05) is 37.0 Å². The van der Waals surface area contributed by atoms with Crippen molar-refractivity contribution < 1.29 is 37.5 Å². The summed E-state index contributed by atoms with van der Waals surface area (Å²) < 4.78 is 40.8. The van der Waals surface area contributed by atoms with Crippen LogP contribution >= 0.6 is 7.82 Å². The van der Waals surface area contributed by atoms with Gasteiger partial charge >= 0.3 is 19.9 Å². The number of aromatic amines is 1. The van der Waals surface area contributed by atoms with Gasteiger partial charge in [0.25, 0.3) is 0 Å². The van der Waals surface area contributed by atoms with E-state index in [-0.39, 0.29) is 23.2 Å². The third-order valence-electron chi connectivity index (χ3n) is 7.37. The molecule has 1 spiro atoms. The maximum absolute atomic E-state index is 15.0. The molecule has 1 aliphatic carbocycles. The van der Waals surface area contributed by atoms with E-state index in [1.807, 2.05) is 4.90 Å². The minimum Gasteiger partial charge on any atom is -0.421 e. The number of halogens is 1. The first-order valence-electron chi connectivity index (χ1n) is 12.5. The summed E-state index contributed by atoms with van der Waals surface area (Å²) in [4.78, 5) is 53.9. The lowest BCUT2D eigenvalue weighted by Crippen LogP contribution is -2.30. The Bertz CT molecular complexity index is 1710. The van der Waals surface area contributed by atoms with Crippen molar-refractivity contribution in [3.8, 4) is 11.8 Å². The number of benzene rings is 1. The predicted molar refractivity (Wildman–Crippen MR) is 143 cm³/mol. The van der Waals surface area contributed by atoms with Crippen molar-refractivity contribution in [1.82, 2.24) is 24.9 Å². The number of fused-ring (bicyclic) bond motifs is 3. The molecule has 41 heavy (non-hydrogen) atoms. The molecule has 4 aromatic rings. The first-order valence-corrected chi connectivity index (χ1v) is 14.1. The van der Waals surface area contributed by atoms with E-state index >= 15 is 4.39 Å². The Morgan fingerprint density at radius 3 is 2.68 bits per heavy atom. The lowest BCUT2D eigenvalue weighted by atomic mass is 10.0. The van der Waals surface area contributed by atoms with E-state index in [0.29, 0.717) is 52.4 Å². The van der Waals surface area contributed by atoms with Crippen LogP contribution in [0.5, 0.6) is 11.8 Å². The van der Waals surface area contributed by atoms with E-state index in [0.717, 1.165) is 23.8 Å². The SMILES string of the molecule is Cc1ncc(Oc2nc(N3C[C@H](N)C4(CC4)C3)c3c(n2)[nH]c2c(N(C)C(=O)OCOP(=O)(O)O)cc(F)cc23)cn1. The molecule has 5 N–H and O–H groups in total. The van der Waals surface area contributed by atoms with Crippen molar-refractivity contribution in [3.05, 3.63) is 36.2 Å². The van der Waals surface area contributed by atoms with Crippen molar-refractivity contribution >= 4 is 47.4 Å². The van der Waals surface area contributed by atoms with Gasteiger partial charge in [-0.15, -0.1) is 0 Å². The number of carbonyl (C=O) groups excluding carboxylic acids is 1. The van der Waals surface area contributed by atoms with Gasteiger partial charge in [0.15, 0.2) is 5.75 Å². The molecule has 0 bridgehead atoms. The van der Waals surface area contributed by atoms with E-state index < -0.39 is 26.5 Å². The minimum absolute atomic E-state index is 0.00111. The largest absolute Gasteiger partial charge is 0.472 e. The summed E-state index contributed by atoms with van der Waals surface area (Å²) in [7, 11) is -3.55. The molecule has 1 saturated carbocycles. The zero-order valence-corrected chi connectivity index (χ0v) is 22.8. The molecular weight excluding hydrogens is 562 g/mol. The second-order valence-corrected chi connectivity index (χ2v) is 11.4. The number of aryl methyl sites for hydroxylation is 1. The summed E-state index contributed by atoms with van der Waals surface area (Å²) in [6, 6.07) is 2.36. The highest BCUT2D eigenvalue weighted by Crippen LogP contribution is 2.53. The molecule has 17 heteroatoms. The van der Waals surface area contributed by atoms with Gasteiger partial charge in [0.1, 0.15) is 23.1 Å². The molecule has 3 aromatic heterocycles. The van der Waals surface area contributed by atoms with Gasteiger partial charge in [0.2, 0.25) is 6.79 Å². The fourth-order valence-electron chi connectivity index (χ4n) is 5.07. The standard InChI is InChI=1S/C24H26FN8O7P/c1-12-27-7-14(8-28-12)40-22-30-20-18(21(31-22)33-9-17(26)24(10-33)3-4-24)15-5-13(25)6-16(19(15)29-20)32(2)23(34)38-11-39-41(35,36)37/h5-8,17H,3-4,9-11,26H2,1-2H3,(H,29,30,31)(H2,35,36,37)/t17-/m0/s1. The number of rotatable bonds is 7. The highest BCUT2D eigenvalue weighted by molar-refractivity contribution is 7.46. The van der Waals surface area contributed by atoms with Gasteiger partial charge in [-0.3, -0.25) is 4.90 Å². The molecule has 1 aromatic carbocycles. The van der Waals surface area contributed by atoms with Gasteiger partial charge in [-0.2, -0.15) is 9.97 Å². The number of aromatic nitrogens is 5. The van der Waals surface area contributed by atoms with Crippen LogP contribution in [0.3, 0.4) is 0 Å². The number of carbonyl (C=O) groups is 1. The van der Waals surface area contributed by atoms with E-state index in [4.69, 9.17) is 30.0 Å². The van der Waals surface area contributed by atoms with Crippen LogP contribution in [0, 0.1) is 18.2 Å². The summed E-state index contributed by atoms with van der Waals surface area (Å²) in [5.74, 6) is 0.719. The topological polar surface area (TPSA) is 202 Å². The fraction of sp³-hybridized carbons (Fsp3) is 0.375. The number of nitrogens with one attached hydrogen (secondary N) is 1. The van der Waals surface area contributed by atoms with Crippen molar-refractivity contribution in [2.24, 2.45) is 11.1 Å². The maximum atomic E-state index is 15.0. The first kappa shape index (κ1) is 27.2. The summed E-state index contributed by atoms with van der Waals surface area (Å²) in [6.07, 6.45) is 3.97. The number of H-pyrrole nitrogens is 1. The molecule has 0 radical (unpaired) electrons. The summed E-state index contributed by atoms with van der Waals surface area (Å²) in [6.45, 7) is 1.93. The minimum atomic E-state index is -4.86. The number of amides is 1. The van der Waals surface area contributed by atoms with Gasteiger partial charge in [-0.25, -0.2) is 28.2 Å². The number of nitrogens with two attached hydrogens (primary N) is 1. The fourth-order valence-corrected chi connectivity index (χ4v) is 5.26. The number of ether oxygens (including phenoxy) is 2. The molecule has 0 unspecified atom stereocenters. The smallest absolute Gasteiger partial charge is 0.421 e. The van der Waals surface area contributed by atoms with Crippen LogP contribution in [0.4, 0.5) is 20.7 Å². The van der Waals surface area contributed by atoms with Crippen LogP contribution in [0.25, 0.3) is 21.9 Å². The van der Waals surface area contributed by atoms with E-state index in [1.165, 1.54) is 25.5 Å². The Hall–Kier alpha value is -3.95. The maximum Gasteiger partial charge on any atom is 0.472 e. The molecule has 1 saturated heterocycles. The molecule has 2 aliphatic rings. The van der Waals surface area contributed by atoms with Crippen LogP contribution in [0.2, 0.25) is 0 Å². The lowest BCUT2D eigenvalue weighted by Gasteiger charge is -2.19. The number of hydrogen-bond acceptors (Lipinski definition) is 11. The van der Waals surface area contributed by atoms with E-state index in [9.17, 15) is 9.36 Å². The zero-order chi connectivity index (χ0) is 29.1. The second-order valence-electron chi connectivity index (χ2n) is 10.2. The van der Waals surface area contributed by atoms with Gasteiger partial charge in [-0.1, -0.05) is 0 Å². The third-order valence-corrected chi connectivity index (χ3v) is 7.81.